The summed E-state index contributed by atoms with van der Waals surface area (Å²) in [7, 11) is 0. The molecular formula is C22H29BrClNO2. The lowest BCUT2D eigenvalue weighted by Gasteiger charge is -2.12. The molecule has 1 aliphatic carbocycles. The molecule has 0 atom stereocenters. The Kier molecular flexibility index (Phi) is 8.53. The molecule has 5 heteroatoms. The molecule has 3 rings (SSSR count). The number of halogens is 2. The molecule has 0 spiro atoms. The van der Waals surface area contributed by atoms with Crippen LogP contribution in [-0.4, -0.2) is 17.5 Å². The van der Waals surface area contributed by atoms with Crippen molar-refractivity contribution < 1.29 is 9.15 Å². The van der Waals surface area contributed by atoms with E-state index in [9.17, 15) is 0 Å². The first-order chi connectivity index (χ1) is 13.3. The zero-order chi connectivity index (χ0) is 18.9. The number of nitrogens with zero attached hydrogens (tertiary/aromatic N) is 1. The van der Waals surface area contributed by atoms with E-state index in [4.69, 9.17) is 25.7 Å². The molecule has 0 bridgehead atoms. The van der Waals surface area contributed by atoms with Gasteiger partial charge in [0.2, 0.25) is 5.89 Å². The van der Waals surface area contributed by atoms with Crippen LogP contribution in [0.1, 0.15) is 63.5 Å². The second-order valence-corrected chi connectivity index (χ2v) is 8.50. The first-order valence-corrected chi connectivity index (χ1v) is 11.5. The standard InChI is InChI=1S/C22H29BrClNO2/c23-21-20(10-5-9-17-7-3-1-2-4-8-17)25-22(27-21)18-11-13-19(14-12-18)26-16-6-15-24/h11-14,17H,1-10,15-16H2. The maximum Gasteiger partial charge on any atom is 0.227 e. The maximum absolute atomic E-state index is 5.85. The fourth-order valence-electron chi connectivity index (χ4n) is 3.76. The van der Waals surface area contributed by atoms with Crippen LogP contribution in [0.2, 0.25) is 0 Å². The van der Waals surface area contributed by atoms with Gasteiger partial charge in [-0.05, 0) is 65.4 Å². The fraction of sp³-hybridized carbons (Fsp3) is 0.591. The van der Waals surface area contributed by atoms with Crippen LogP contribution in [0.4, 0.5) is 0 Å². The number of hydrogen-bond acceptors (Lipinski definition) is 3. The Labute approximate surface area is 176 Å². The molecule has 1 aromatic carbocycles. The maximum atomic E-state index is 5.85. The molecule has 0 radical (unpaired) electrons. The van der Waals surface area contributed by atoms with E-state index in [1.54, 1.807) is 0 Å². The Balaban J connectivity index is 1.52. The third kappa shape index (κ3) is 6.53. The van der Waals surface area contributed by atoms with E-state index in [2.05, 4.69) is 15.9 Å². The van der Waals surface area contributed by atoms with Gasteiger partial charge in [-0.1, -0.05) is 44.9 Å². The summed E-state index contributed by atoms with van der Waals surface area (Å²) in [6, 6.07) is 7.88. The van der Waals surface area contributed by atoms with Gasteiger partial charge in [-0.3, -0.25) is 0 Å². The lowest BCUT2D eigenvalue weighted by atomic mass is 9.94. The summed E-state index contributed by atoms with van der Waals surface area (Å²) in [4.78, 5) is 4.71. The van der Waals surface area contributed by atoms with Crippen molar-refractivity contribution >= 4 is 27.5 Å². The molecule has 0 N–H and O–H groups in total. The van der Waals surface area contributed by atoms with Crippen LogP contribution in [0.5, 0.6) is 5.75 Å². The van der Waals surface area contributed by atoms with E-state index in [1.165, 1.54) is 51.4 Å². The molecule has 1 aliphatic rings. The summed E-state index contributed by atoms with van der Waals surface area (Å²) in [5.74, 6) is 3.03. The Hall–Kier alpha value is -1.00. The topological polar surface area (TPSA) is 35.3 Å². The van der Waals surface area contributed by atoms with Crippen molar-refractivity contribution in [1.29, 1.82) is 0 Å². The van der Waals surface area contributed by atoms with Crippen molar-refractivity contribution in [2.24, 2.45) is 5.92 Å². The highest BCUT2D eigenvalue weighted by atomic mass is 79.9. The molecule has 0 amide bonds. The molecule has 27 heavy (non-hydrogen) atoms. The summed E-state index contributed by atoms with van der Waals surface area (Å²) in [6.45, 7) is 0.637. The van der Waals surface area contributed by atoms with Crippen LogP contribution >= 0.6 is 27.5 Å². The zero-order valence-electron chi connectivity index (χ0n) is 15.9. The molecule has 1 saturated carbocycles. The summed E-state index contributed by atoms with van der Waals surface area (Å²) in [6.07, 6.45) is 12.8. The van der Waals surface area contributed by atoms with Gasteiger partial charge < -0.3 is 9.15 Å². The largest absolute Gasteiger partial charge is 0.494 e. The van der Waals surface area contributed by atoms with E-state index in [-0.39, 0.29) is 0 Å². The first kappa shape index (κ1) is 20.7. The van der Waals surface area contributed by atoms with Crippen molar-refractivity contribution in [1.82, 2.24) is 4.98 Å². The first-order valence-electron chi connectivity index (χ1n) is 10.2. The van der Waals surface area contributed by atoms with Gasteiger partial charge >= 0.3 is 0 Å². The number of alkyl halides is 1. The summed E-state index contributed by atoms with van der Waals surface area (Å²) < 4.78 is 12.3. The quantitative estimate of drug-likeness (QED) is 0.225. The molecule has 0 saturated heterocycles. The van der Waals surface area contributed by atoms with E-state index in [0.29, 0.717) is 18.4 Å². The minimum absolute atomic E-state index is 0.617. The van der Waals surface area contributed by atoms with Crippen LogP contribution in [0, 0.1) is 5.92 Å². The smallest absolute Gasteiger partial charge is 0.227 e. The highest BCUT2D eigenvalue weighted by Gasteiger charge is 2.15. The van der Waals surface area contributed by atoms with Crippen molar-refractivity contribution in [2.45, 2.75) is 64.2 Å². The van der Waals surface area contributed by atoms with Crippen molar-refractivity contribution in [3.63, 3.8) is 0 Å². The number of oxazole rings is 1. The Morgan fingerprint density at radius 1 is 1.07 bits per heavy atom. The molecule has 3 nitrogen and oxygen atoms in total. The van der Waals surface area contributed by atoms with E-state index in [1.807, 2.05) is 24.3 Å². The van der Waals surface area contributed by atoms with Gasteiger partial charge in [0.1, 0.15) is 5.75 Å². The van der Waals surface area contributed by atoms with Gasteiger partial charge in [-0.15, -0.1) is 11.6 Å². The van der Waals surface area contributed by atoms with E-state index in [0.717, 1.165) is 40.4 Å². The van der Waals surface area contributed by atoms with Crippen molar-refractivity contribution in [2.75, 3.05) is 12.5 Å². The van der Waals surface area contributed by atoms with Gasteiger partial charge in [-0.2, -0.15) is 0 Å². The average molecular weight is 455 g/mol. The summed E-state index contributed by atoms with van der Waals surface area (Å²) in [5, 5.41) is 0. The van der Waals surface area contributed by atoms with Gasteiger partial charge in [-0.25, -0.2) is 4.98 Å². The minimum atomic E-state index is 0.617. The summed E-state index contributed by atoms with van der Waals surface area (Å²) in [5.41, 5.74) is 2.00. The summed E-state index contributed by atoms with van der Waals surface area (Å²) >= 11 is 9.22. The van der Waals surface area contributed by atoms with Gasteiger partial charge in [0.15, 0.2) is 4.67 Å². The third-order valence-electron chi connectivity index (χ3n) is 5.30. The number of rotatable bonds is 9. The van der Waals surface area contributed by atoms with Gasteiger partial charge in [0.25, 0.3) is 0 Å². The fourth-order valence-corrected chi connectivity index (χ4v) is 4.31. The Morgan fingerprint density at radius 2 is 1.81 bits per heavy atom. The molecule has 148 valence electrons. The van der Waals surface area contributed by atoms with Crippen molar-refractivity contribution in [3.05, 3.63) is 34.6 Å². The second-order valence-electron chi connectivity index (χ2n) is 7.40. The number of ether oxygens (including phenoxy) is 1. The molecule has 1 fully saturated rings. The third-order valence-corrected chi connectivity index (χ3v) is 6.19. The second kappa shape index (κ2) is 11.1. The monoisotopic (exact) mass is 453 g/mol. The molecule has 0 unspecified atom stereocenters. The van der Waals surface area contributed by atoms with E-state index < -0.39 is 0 Å². The highest BCUT2D eigenvalue weighted by molar-refractivity contribution is 9.10. The van der Waals surface area contributed by atoms with Crippen LogP contribution in [-0.2, 0) is 6.42 Å². The normalized spacial score (nSPS) is 15.6. The molecule has 2 aromatic rings. The Morgan fingerprint density at radius 3 is 2.52 bits per heavy atom. The van der Waals surface area contributed by atoms with Crippen LogP contribution in [0.25, 0.3) is 11.5 Å². The van der Waals surface area contributed by atoms with Gasteiger partial charge in [0, 0.05) is 11.4 Å². The lowest BCUT2D eigenvalue weighted by Crippen LogP contribution is -2.00. The van der Waals surface area contributed by atoms with Gasteiger partial charge in [0.05, 0.1) is 12.3 Å². The predicted molar refractivity (Wildman–Crippen MR) is 115 cm³/mol. The molecule has 1 aromatic heterocycles. The number of hydrogen-bond donors (Lipinski definition) is 0. The average Bonchev–Trinajstić information content (AvgIpc) is 2.88. The number of aromatic nitrogens is 1. The number of benzene rings is 1. The van der Waals surface area contributed by atoms with Crippen LogP contribution in [0.3, 0.4) is 0 Å². The van der Waals surface area contributed by atoms with Crippen LogP contribution in [0.15, 0.2) is 33.4 Å². The molecule has 1 heterocycles. The highest BCUT2D eigenvalue weighted by Crippen LogP contribution is 2.30. The van der Waals surface area contributed by atoms with E-state index >= 15 is 0 Å². The molecular weight excluding hydrogens is 426 g/mol. The SMILES string of the molecule is ClCCCOc1ccc(-c2nc(CCCC3CCCCCC3)c(Br)o2)cc1. The number of aryl methyl sites for hydroxylation is 1. The van der Waals surface area contributed by atoms with Crippen molar-refractivity contribution in [3.8, 4) is 17.2 Å². The van der Waals surface area contributed by atoms with Crippen LogP contribution < -0.4 is 4.74 Å². The zero-order valence-corrected chi connectivity index (χ0v) is 18.2. The Bertz CT molecular complexity index is 678. The molecule has 0 aliphatic heterocycles. The lowest BCUT2D eigenvalue weighted by molar-refractivity contribution is 0.318. The predicted octanol–water partition coefficient (Wildman–Crippen LogP) is 7.40. The minimum Gasteiger partial charge on any atom is -0.494 e.